The van der Waals surface area contributed by atoms with Gasteiger partial charge in [-0.15, -0.1) is 0 Å². The summed E-state index contributed by atoms with van der Waals surface area (Å²) in [6.45, 7) is 5.93. The molecule has 0 bridgehead atoms. The number of ether oxygens (including phenoxy) is 3. The van der Waals surface area contributed by atoms with E-state index in [0.717, 1.165) is 11.6 Å². The van der Waals surface area contributed by atoms with Crippen molar-refractivity contribution < 1.29 is 28.9 Å². The maximum Gasteiger partial charge on any atom is 0.330 e. The Morgan fingerprint density at radius 3 is 2.58 bits per heavy atom. The van der Waals surface area contributed by atoms with E-state index in [0.29, 0.717) is 26.1 Å². The monoisotopic (exact) mass is 336 g/mol. The van der Waals surface area contributed by atoms with Crippen LogP contribution in [0.4, 0.5) is 0 Å². The Hall–Kier alpha value is -2.34. The highest BCUT2D eigenvalue weighted by molar-refractivity contribution is 5.81. The van der Waals surface area contributed by atoms with Gasteiger partial charge in [0, 0.05) is 25.5 Å². The van der Waals surface area contributed by atoms with Crippen molar-refractivity contribution in [2.24, 2.45) is 0 Å². The fourth-order valence-corrected chi connectivity index (χ4v) is 1.83. The van der Waals surface area contributed by atoms with Crippen LogP contribution in [-0.2, 0) is 30.2 Å². The van der Waals surface area contributed by atoms with Crippen LogP contribution < -0.4 is 0 Å². The van der Waals surface area contributed by atoms with Crippen molar-refractivity contribution in [3.63, 3.8) is 0 Å². The lowest BCUT2D eigenvalue weighted by atomic mass is 10.1. The van der Waals surface area contributed by atoms with Gasteiger partial charge in [0.25, 0.3) is 0 Å². The molecule has 0 saturated heterocycles. The van der Waals surface area contributed by atoms with E-state index >= 15 is 0 Å². The number of phenolic OH excluding ortho intramolecular Hbond substituents is 1. The van der Waals surface area contributed by atoms with Crippen molar-refractivity contribution in [1.29, 1.82) is 0 Å². The van der Waals surface area contributed by atoms with Crippen molar-refractivity contribution in [1.82, 2.24) is 0 Å². The molecule has 0 radical (unpaired) electrons. The van der Waals surface area contributed by atoms with Gasteiger partial charge in [-0.25, -0.2) is 4.79 Å². The third-order valence-electron chi connectivity index (χ3n) is 3.14. The average Bonchev–Trinajstić information content (AvgIpc) is 2.58. The molecule has 1 aromatic rings. The molecule has 0 saturated carbocycles. The topological polar surface area (TPSA) is 82.1 Å². The molecule has 1 unspecified atom stereocenters. The lowest BCUT2D eigenvalue weighted by Crippen LogP contribution is -2.19. The maximum atomic E-state index is 11.6. The van der Waals surface area contributed by atoms with Gasteiger partial charge in [-0.2, -0.15) is 0 Å². The molecule has 0 heterocycles. The van der Waals surface area contributed by atoms with Gasteiger partial charge < -0.3 is 19.3 Å². The molecule has 132 valence electrons. The molecule has 0 amide bonds. The second-order valence-corrected chi connectivity index (χ2v) is 5.26. The maximum absolute atomic E-state index is 11.6. The van der Waals surface area contributed by atoms with Crippen LogP contribution in [0.2, 0.25) is 0 Å². The number of esters is 2. The Bertz CT molecular complexity index is 523. The van der Waals surface area contributed by atoms with Gasteiger partial charge in [-0.05, 0) is 31.0 Å². The lowest BCUT2D eigenvalue weighted by Gasteiger charge is -2.12. The zero-order chi connectivity index (χ0) is 17.8. The predicted molar refractivity (Wildman–Crippen MR) is 88.6 cm³/mol. The average molecular weight is 336 g/mol. The summed E-state index contributed by atoms with van der Waals surface area (Å²) in [5.41, 5.74) is 0.992. The number of aromatic hydroxyl groups is 1. The van der Waals surface area contributed by atoms with Crippen molar-refractivity contribution >= 4 is 11.9 Å². The highest BCUT2D eigenvalue weighted by Crippen LogP contribution is 2.10. The Labute approximate surface area is 142 Å². The third-order valence-corrected chi connectivity index (χ3v) is 3.14. The molecule has 0 aliphatic heterocycles. The van der Waals surface area contributed by atoms with E-state index in [1.54, 1.807) is 31.2 Å². The van der Waals surface area contributed by atoms with E-state index in [2.05, 4.69) is 6.58 Å². The molecule has 0 aromatic heterocycles. The Morgan fingerprint density at radius 2 is 1.92 bits per heavy atom. The van der Waals surface area contributed by atoms with Crippen molar-refractivity contribution in [2.75, 3.05) is 19.8 Å². The van der Waals surface area contributed by atoms with Crippen LogP contribution in [0.1, 0.15) is 25.3 Å². The van der Waals surface area contributed by atoms with Crippen LogP contribution in [0, 0.1) is 0 Å². The number of hydrogen-bond acceptors (Lipinski definition) is 6. The molecular weight excluding hydrogens is 312 g/mol. The van der Waals surface area contributed by atoms with Crippen molar-refractivity contribution in [3.05, 3.63) is 42.5 Å². The number of carbonyl (C=O) groups excluding carboxylic acids is 2. The second kappa shape index (κ2) is 11.2. The molecule has 1 atom stereocenters. The summed E-state index contributed by atoms with van der Waals surface area (Å²) >= 11 is 0. The molecule has 0 fully saturated rings. The standard InChI is InChI=1S/C18H24O6/c1-3-17(20)24-13-14(2)22-11-4-5-18(21)23-12-10-15-6-8-16(19)9-7-15/h3,6-9,14,19H,1,4-5,10-13H2,2H3. The summed E-state index contributed by atoms with van der Waals surface area (Å²) in [6, 6.07) is 6.78. The summed E-state index contributed by atoms with van der Waals surface area (Å²) in [6.07, 6.45) is 2.28. The van der Waals surface area contributed by atoms with Gasteiger partial charge in [0.05, 0.1) is 12.7 Å². The minimum atomic E-state index is -0.484. The quantitative estimate of drug-likeness (QED) is 0.380. The van der Waals surface area contributed by atoms with E-state index in [-0.39, 0.29) is 30.9 Å². The van der Waals surface area contributed by atoms with Gasteiger partial charge in [0.15, 0.2) is 0 Å². The Kier molecular flexibility index (Phi) is 9.23. The van der Waals surface area contributed by atoms with Crippen LogP contribution in [-0.4, -0.2) is 43.0 Å². The fraction of sp³-hybridized carbons (Fsp3) is 0.444. The van der Waals surface area contributed by atoms with Crippen LogP contribution >= 0.6 is 0 Å². The van der Waals surface area contributed by atoms with E-state index in [1.807, 2.05) is 0 Å². The Morgan fingerprint density at radius 1 is 1.21 bits per heavy atom. The van der Waals surface area contributed by atoms with E-state index in [4.69, 9.17) is 14.2 Å². The Balaban J connectivity index is 2.04. The number of hydrogen-bond donors (Lipinski definition) is 1. The number of phenols is 1. The minimum Gasteiger partial charge on any atom is -0.508 e. The summed E-state index contributed by atoms with van der Waals surface area (Å²) in [5, 5.41) is 9.18. The van der Waals surface area contributed by atoms with Crippen LogP contribution in [0.3, 0.4) is 0 Å². The molecular formula is C18H24O6. The van der Waals surface area contributed by atoms with Crippen molar-refractivity contribution in [3.8, 4) is 5.75 Å². The molecule has 1 rings (SSSR count). The first-order chi connectivity index (χ1) is 11.5. The molecule has 0 aliphatic carbocycles. The predicted octanol–water partition coefficient (Wildman–Crippen LogP) is 2.39. The molecule has 0 aliphatic rings. The van der Waals surface area contributed by atoms with Gasteiger partial charge in [0.1, 0.15) is 12.4 Å². The zero-order valence-corrected chi connectivity index (χ0v) is 13.9. The lowest BCUT2D eigenvalue weighted by molar-refractivity contribution is -0.144. The van der Waals surface area contributed by atoms with Crippen LogP contribution in [0.15, 0.2) is 36.9 Å². The highest BCUT2D eigenvalue weighted by atomic mass is 16.6. The van der Waals surface area contributed by atoms with Crippen molar-refractivity contribution in [2.45, 2.75) is 32.3 Å². The third kappa shape index (κ3) is 8.95. The summed E-state index contributed by atoms with van der Waals surface area (Å²) in [7, 11) is 0. The highest BCUT2D eigenvalue weighted by Gasteiger charge is 2.07. The van der Waals surface area contributed by atoms with Gasteiger partial charge in [-0.1, -0.05) is 18.7 Å². The minimum absolute atomic E-state index is 0.155. The summed E-state index contributed by atoms with van der Waals surface area (Å²) < 4.78 is 15.4. The van der Waals surface area contributed by atoms with Gasteiger partial charge >= 0.3 is 11.9 Å². The van der Waals surface area contributed by atoms with E-state index in [9.17, 15) is 14.7 Å². The summed E-state index contributed by atoms with van der Waals surface area (Å²) in [5.74, 6) is -0.546. The normalized spacial score (nSPS) is 11.5. The molecule has 1 N–H and O–H groups in total. The molecule has 6 nitrogen and oxygen atoms in total. The summed E-state index contributed by atoms with van der Waals surface area (Å²) in [4.78, 5) is 22.5. The SMILES string of the molecule is C=CC(=O)OCC(C)OCCCC(=O)OCCc1ccc(O)cc1. The van der Waals surface area contributed by atoms with Gasteiger partial charge in [-0.3, -0.25) is 4.79 Å². The largest absolute Gasteiger partial charge is 0.508 e. The number of rotatable bonds is 11. The second-order valence-electron chi connectivity index (χ2n) is 5.26. The number of benzene rings is 1. The zero-order valence-electron chi connectivity index (χ0n) is 13.9. The van der Waals surface area contributed by atoms with E-state index < -0.39 is 5.97 Å². The first-order valence-electron chi connectivity index (χ1n) is 7.85. The van der Waals surface area contributed by atoms with Crippen LogP contribution in [0.5, 0.6) is 5.75 Å². The first kappa shape index (κ1) is 19.7. The fourth-order valence-electron chi connectivity index (χ4n) is 1.83. The smallest absolute Gasteiger partial charge is 0.330 e. The molecule has 24 heavy (non-hydrogen) atoms. The first-order valence-corrected chi connectivity index (χ1v) is 7.85. The number of carbonyl (C=O) groups is 2. The van der Waals surface area contributed by atoms with E-state index in [1.165, 1.54) is 0 Å². The molecule has 6 heteroatoms. The molecule has 0 spiro atoms. The van der Waals surface area contributed by atoms with Crippen LogP contribution in [0.25, 0.3) is 0 Å². The molecule has 1 aromatic carbocycles. The van der Waals surface area contributed by atoms with Gasteiger partial charge in [0.2, 0.25) is 0 Å².